The lowest BCUT2D eigenvalue weighted by Crippen LogP contribution is -2.80. The molecule has 452 valence electrons. The summed E-state index contributed by atoms with van der Waals surface area (Å²) >= 11 is 0. The number of Topliss-reactive ketones (excluding diaryl/α,β-unsaturated/α-hetero) is 1. The number of amides is 5. The van der Waals surface area contributed by atoms with Gasteiger partial charge in [0.1, 0.15) is 30.6 Å². The number of ether oxygens (including phenoxy) is 4. The van der Waals surface area contributed by atoms with Crippen LogP contribution in [0.1, 0.15) is 119 Å². The number of nitrogens with one attached hydrogen (secondary N) is 4. The second-order valence-electron chi connectivity index (χ2n) is 25.1. The lowest BCUT2D eigenvalue weighted by atomic mass is 9.46. The van der Waals surface area contributed by atoms with Gasteiger partial charge in [-0.15, -0.1) is 0 Å². The van der Waals surface area contributed by atoms with Crippen LogP contribution in [-0.2, 0) is 60.9 Å². The molecule has 0 unspecified atom stereocenters. The van der Waals surface area contributed by atoms with E-state index in [1.54, 1.807) is 47.4 Å². The van der Waals surface area contributed by atoms with Crippen LogP contribution in [0.5, 0.6) is 5.75 Å². The molecule has 0 radical (unpaired) electrons. The summed E-state index contributed by atoms with van der Waals surface area (Å²) in [4.78, 5) is 105. The molecule has 20 heteroatoms. The topological polar surface area (TPSA) is 286 Å². The van der Waals surface area contributed by atoms with Gasteiger partial charge in [0, 0.05) is 77.7 Å². The van der Waals surface area contributed by atoms with E-state index in [-0.39, 0.29) is 68.3 Å². The number of anilines is 2. The Kier molecular flexibility index (Phi) is 15.6. The number of carboxylic acid groups (broad SMARTS) is 1. The standard InChI is InChI=1S/C67H69N5O15/c1-63-28-27-46(74)29-44(63)17-22-48-49-30-54-67(53(76)34-73,64(49,2)31-52(75)59(48)63)87-61(85-54)42-15-20-47(21-16-42)86-66-36-65(37-66,38-66)71-62(83)84-35-39-11-18-45(19-12-39)69-60(82)50(23-26-58(80)81)70-56(78)32-68-55(77)24-25-57(79)72-33-43-9-4-3-7-40(43)13-14-41-8-5-6-10-51(41)72/h3-12,15-16,18-21,27-29,48-50,52,54,59,61,73,75H,17,22-26,30-38H2,1-2H3,(H,68,77)(H,69,82)(H,70,78)(H,71,83)(H,80,81)/t48-,49-,50-,52-,54+,59+,61+,63-,64-,65?,66?,67+/m0/s1. The summed E-state index contributed by atoms with van der Waals surface area (Å²) in [6.45, 7) is 3.03. The number of ketones is 2. The number of para-hydroxylation sites is 1. The molecule has 20 nitrogen and oxygen atoms in total. The van der Waals surface area contributed by atoms with Crippen molar-refractivity contribution >= 4 is 58.6 Å². The van der Waals surface area contributed by atoms with Crippen molar-refractivity contribution < 1.29 is 72.6 Å². The number of carbonyl (C=O) groups is 8. The molecule has 2 heterocycles. The summed E-state index contributed by atoms with van der Waals surface area (Å²) in [6, 6.07) is 27.2. The normalized spacial score (nSPS) is 30.3. The fourth-order valence-electron chi connectivity index (χ4n) is 15.6. The number of allylic oxidation sites excluding steroid dienone is 4. The number of carbonyl (C=O) groups excluding carboxylic acids is 7. The molecular weight excluding hydrogens is 1110 g/mol. The van der Waals surface area contributed by atoms with Gasteiger partial charge in [-0.2, -0.15) is 0 Å². The van der Waals surface area contributed by atoms with E-state index in [4.69, 9.17) is 18.9 Å². The summed E-state index contributed by atoms with van der Waals surface area (Å²) in [5.74, 6) is 2.78. The number of fused-ring (bicyclic) bond motifs is 9. The summed E-state index contributed by atoms with van der Waals surface area (Å²) in [5.41, 5.74) is 1.88. The largest absolute Gasteiger partial charge is 0.487 e. The lowest BCUT2D eigenvalue weighted by molar-refractivity contribution is -0.201. The number of carboxylic acids is 1. The molecule has 7 fully saturated rings. The number of hydrogen-bond donors (Lipinski definition) is 7. The molecule has 5 amide bonds. The summed E-state index contributed by atoms with van der Waals surface area (Å²) in [7, 11) is 0. The van der Waals surface area contributed by atoms with Crippen molar-refractivity contribution in [3.8, 4) is 17.6 Å². The number of alkyl carbamates (subject to hydrolysis) is 1. The van der Waals surface area contributed by atoms with Crippen LogP contribution in [-0.4, -0.2) is 111 Å². The molecule has 4 aromatic carbocycles. The minimum atomic E-state index is -1.47. The fourth-order valence-corrected chi connectivity index (χ4v) is 15.6. The quantitative estimate of drug-likeness (QED) is 0.0500. The highest BCUT2D eigenvalue weighted by Gasteiger charge is 2.76. The third-order valence-electron chi connectivity index (χ3n) is 19.7. The van der Waals surface area contributed by atoms with Crippen molar-refractivity contribution in [2.75, 3.05) is 23.4 Å². The predicted octanol–water partition coefficient (Wildman–Crippen LogP) is 6.40. The molecular formula is C67H69N5O15. The van der Waals surface area contributed by atoms with Crippen molar-refractivity contribution in [1.29, 1.82) is 0 Å². The van der Waals surface area contributed by atoms with Gasteiger partial charge in [-0.1, -0.05) is 91.9 Å². The first-order valence-electron chi connectivity index (χ1n) is 29.7. The van der Waals surface area contributed by atoms with Crippen LogP contribution in [0.3, 0.4) is 0 Å². The minimum absolute atomic E-state index is 0.0268. The fraction of sp³-hybridized carbons (Fsp3) is 0.433. The van der Waals surface area contributed by atoms with Gasteiger partial charge < -0.3 is 60.4 Å². The highest BCUT2D eigenvalue weighted by molar-refractivity contribution is 6.01. The van der Waals surface area contributed by atoms with E-state index in [1.165, 1.54) is 0 Å². The monoisotopic (exact) mass is 1180 g/mol. The zero-order valence-corrected chi connectivity index (χ0v) is 48.3. The Hall–Kier alpha value is -8.48. The maximum Gasteiger partial charge on any atom is 0.407 e. The van der Waals surface area contributed by atoms with Crippen LogP contribution in [0.2, 0.25) is 0 Å². The van der Waals surface area contributed by atoms with E-state index in [2.05, 4.69) is 40.0 Å². The van der Waals surface area contributed by atoms with E-state index in [1.807, 2.05) is 79.7 Å². The van der Waals surface area contributed by atoms with Crippen molar-refractivity contribution in [2.45, 2.75) is 139 Å². The first-order chi connectivity index (χ1) is 41.7. The number of benzene rings is 4. The van der Waals surface area contributed by atoms with Crippen LogP contribution in [0.25, 0.3) is 0 Å². The van der Waals surface area contributed by atoms with Crippen molar-refractivity contribution in [1.82, 2.24) is 16.0 Å². The highest BCUT2D eigenvalue weighted by atomic mass is 16.7. The molecule has 7 N–H and O–H groups in total. The average molecular weight is 1180 g/mol. The smallest absolute Gasteiger partial charge is 0.407 e. The molecule has 9 aliphatic rings. The Labute approximate surface area is 502 Å². The molecule has 87 heavy (non-hydrogen) atoms. The summed E-state index contributed by atoms with van der Waals surface area (Å²) in [6.07, 6.45) is 5.28. The van der Waals surface area contributed by atoms with Crippen molar-refractivity contribution in [2.24, 2.45) is 28.6 Å². The molecule has 0 spiro atoms. The number of aliphatic hydroxyl groups excluding tert-OH is 2. The lowest BCUT2D eigenvalue weighted by Gasteiger charge is -2.68. The van der Waals surface area contributed by atoms with Gasteiger partial charge in [0.25, 0.3) is 0 Å². The van der Waals surface area contributed by atoms with Gasteiger partial charge in [0.05, 0.1) is 36.5 Å². The zero-order chi connectivity index (χ0) is 61.0. The van der Waals surface area contributed by atoms with Gasteiger partial charge >= 0.3 is 12.1 Å². The molecule has 13 rings (SSSR count). The van der Waals surface area contributed by atoms with E-state index < -0.39 is 107 Å². The number of aliphatic carboxylic acids is 1. The highest BCUT2D eigenvalue weighted by Crippen LogP contribution is 2.71. The molecule has 0 aromatic heterocycles. The van der Waals surface area contributed by atoms with Crippen molar-refractivity contribution in [3.63, 3.8) is 0 Å². The van der Waals surface area contributed by atoms with Crippen LogP contribution in [0.15, 0.2) is 121 Å². The Morgan fingerprint density at radius 3 is 2.33 bits per heavy atom. The first kappa shape index (κ1) is 58.9. The average Bonchev–Trinajstić information content (AvgIpc) is 1.68. The molecule has 4 aromatic rings. The van der Waals surface area contributed by atoms with Crippen LogP contribution < -0.4 is 30.9 Å². The number of aliphatic hydroxyl groups is 2. The van der Waals surface area contributed by atoms with Gasteiger partial charge in [0.2, 0.25) is 23.6 Å². The maximum absolute atomic E-state index is 14.0. The molecule has 2 bridgehead atoms. The van der Waals surface area contributed by atoms with E-state index in [0.29, 0.717) is 59.5 Å². The van der Waals surface area contributed by atoms with Crippen LogP contribution in [0.4, 0.5) is 16.2 Å². The molecule has 1 saturated heterocycles. The number of rotatable bonds is 19. The predicted molar refractivity (Wildman–Crippen MR) is 313 cm³/mol. The molecule has 10 atom stereocenters. The summed E-state index contributed by atoms with van der Waals surface area (Å²) in [5, 5.41) is 42.4. The number of nitrogens with zero attached hydrogens (tertiary/aromatic N) is 1. The van der Waals surface area contributed by atoms with Gasteiger partial charge in [-0.3, -0.25) is 33.6 Å². The van der Waals surface area contributed by atoms with Crippen molar-refractivity contribution in [3.05, 3.63) is 149 Å². The summed E-state index contributed by atoms with van der Waals surface area (Å²) < 4.78 is 25.4. The molecule has 2 aliphatic heterocycles. The Bertz CT molecular complexity index is 3590. The van der Waals surface area contributed by atoms with E-state index in [0.717, 1.165) is 29.5 Å². The second-order valence-corrected chi connectivity index (χ2v) is 25.1. The second kappa shape index (κ2) is 23.0. The SMILES string of the molecule is C[C@]12C=CC(=O)C=C1CC[C@@H]1[C@@H]2[C@@H](O)C[C@@]2(C)[C@H]1C[C@H]1O[C@@H](c3ccc(OC45CC(NC(=O)OCc6ccc(NC(=O)[C@H](CCC(=O)O)NC(=O)CNC(=O)CCC(=O)N7Cc8ccccc8C#Cc8ccccc87)cc6)(C4)C5)cc3)O[C@]12C(=O)CO. The van der Waals surface area contributed by atoms with Gasteiger partial charge in [-0.25, -0.2) is 4.79 Å². The maximum atomic E-state index is 14.0. The Morgan fingerprint density at radius 2 is 1.59 bits per heavy atom. The first-order valence-corrected chi connectivity index (χ1v) is 29.7. The van der Waals surface area contributed by atoms with Gasteiger partial charge in [-0.05, 0) is 110 Å². The Balaban J connectivity index is 0.576. The van der Waals surface area contributed by atoms with Crippen LogP contribution in [0, 0.1) is 40.4 Å². The number of hydrogen-bond acceptors (Lipinski definition) is 14. The van der Waals surface area contributed by atoms with E-state index in [9.17, 15) is 53.7 Å². The van der Waals surface area contributed by atoms with Gasteiger partial charge in [0.15, 0.2) is 23.5 Å². The zero-order valence-electron chi connectivity index (χ0n) is 48.3. The minimum Gasteiger partial charge on any atom is -0.487 e. The van der Waals surface area contributed by atoms with Crippen LogP contribution >= 0.6 is 0 Å². The Morgan fingerprint density at radius 1 is 0.862 bits per heavy atom. The van der Waals surface area contributed by atoms with E-state index >= 15 is 0 Å². The molecule has 7 aliphatic carbocycles. The third-order valence-corrected chi connectivity index (χ3v) is 19.7. The molecule has 6 saturated carbocycles. The third kappa shape index (κ3) is 11.0.